The Hall–Kier alpha value is -0.300. The first-order valence-electron chi connectivity index (χ1n) is 5.63. The number of hydrogen-bond acceptors (Lipinski definition) is 1. The van der Waals surface area contributed by atoms with Gasteiger partial charge in [0.05, 0.1) is 6.61 Å². The maximum absolute atomic E-state index is 8.90. The van der Waals surface area contributed by atoms with Crippen LogP contribution in [0.4, 0.5) is 0 Å². The van der Waals surface area contributed by atoms with Gasteiger partial charge in [-0.15, -0.1) is 0 Å². The van der Waals surface area contributed by atoms with Gasteiger partial charge in [0.2, 0.25) is 0 Å². The Morgan fingerprint density at radius 1 is 1.08 bits per heavy atom. The van der Waals surface area contributed by atoms with Crippen LogP contribution in [0.2, 0.25) is 0 Å². The second-order valence-corrected chi connectivity index (χ2v) is 3.58. The minimum absolute atomic E-state index is 0.242. The maximum Gasteiger partial charge on any atom is 0.0641 e. The molecular weight excluding hydrogens is 160 g/mol. The normalized spacial score (nSPS) is 12.1. The fourth-order valence-electron chi connectivity index (χ4n) is 1.37. The summed E-state index contributed by atoms with van der Waals surface area (Å²) < 4.78 is 0. The second kappa shape index (κ2) is 9.79. The molecule has 1 N–H and O–H groups in total. The molecule has 0 saturated heterocycles. The summed E-state index contributed by atoms with van der Waals surface area (Å²) in [6.45, 7) is 4.57. The minimum atomic E-state index is 0.242. The van der Waals surface area contributed by atoms with Crippen LogP contribution in [0.3, 0.4) is 0 Å². The Morgan fingerprint density at radius 2 is 1.77 bits per heavy atom. The van der Waals surface area contributed by atoms with E-state index >= 15 is 0 Å². The fraction of sp³-hybridized carbons (Fsp3) is 0.833. The van der Waals surface area contributed by atoms with E-state index in [4.69, 9.17) is 5.11 Å². The van der Waals surface area contributed by atoms with Gasteiger partial charge in [-0.2, -0.15) is 0 Å². The molecule has 0 aromatic heterocycles. The third-order valence-corrected chi connectivity index (χ3v) is 2.40. The van der Waals surface area contributed by atoms with Gasteiger partial charge in [0.1, 0.15) is 0 Å². The van der Waals surface area contributed by atoms with Crippen molar-refractivity contribution >= 4 is 0 Å². The highest BCUT2D eigenvalue weighted by molar-refractivity contribution is 5.00. The lowest BCUT2D eigenvalue weighted by Crippen LogP contribution is -1.88. The Labute approximate surface area is 82.9 Å². The number of hydrogen-bond donors (Lipinski definition) is 1. The van der Waals surface area contributed by atoms with Crippen molar-refractivity contribution in [3.8, 4) is 0 Å². The van der Waals surface area contributed by atoms with Crippen LogP contribution < -0.4 is 0 Å². The summed E-state index contributed by atoms with van der Waals surface area (Å²) in [7, 11) is 0. The average molecular weight is 184 g/mol. The second-order valence-electron chi connectivity index (χ2n) is 3.58. The molecule has 0 saturated carbocycles. The van der Waals surface area contributed by atoms with Crippen LogP contribution in [0.25, 0.3) is 0 Å². The third-order valence-electron chi connectivity index (χ3n) is 2.40. The molecule has 0 spiro atoms. The summed E-state index contributed by atoms with van der Waals surface area (Å²) in [6.07, 6.45) is 11.0. The lowest BCUT2D eigenvalue weighted by Gasteiger charge is -2.00. The molecule has 1 nitrogen and oxygen atoms in total. The molecule has 0 aliphatic rings. The van der Waals surface area contributed by atoms with Gasteiger partial charge >= 0.3 is 0 Å². The SMILES string of the molecule is CCCCCCC/C=C(\CC)CO. The number of aliphatic hydroxyl groups excluding tert-OH is 1. The van der Waals surface area contributed by atoms with Crippen LogP contribution in [0, 0.1) is 0 Å². The molecule has 78 valence electrons. The van der Waals surface area contributed by atoms with E-state index in [1.165, 1.54) is 37.7 Å². The molecule has 0 aromatic carbocycles. The van der Waals surface area contributed by atoms with Crippen molar-refractivity contribution in [1.82, 2.24) is 0 Å². The van der Waals surface area contributed by atoms with Crippen LogP contribution in [-0.2, 0) is 0 Å². The quantitative estimate of drug-likeness (QED) is 0.451. The molecule has 0 aromatic rings. The van der Waals surface area contributed by atoms with Crippen LogP contribution in [0.1, 0.15) is 58.8 Å². The molecule has 0 amide bonds. The Morgan fingerprint density at radius 3 is 2.31 bits per heavy atom. The topological polar surface area (TPSA) is 20.2 Å². The van der Waals surface area contributed by atoms with Crippen molar-refractivity contribution < 1.29 is 5.11 Å². The highest BCUT2D eigenvalue weighted by atomic mass is 16.3. The zero-order chi connectivity index (χ0) is 9.94. The molecular formula is C12H24O. The molecule has 0 rings (SSSR count). The molecule has 1 heteroatoms. The zero-order valence-corrected chi connectivity index (χ0v) is 9.18. The fourth-order valence-corrected chi connectivity index (χ4v) is 1.37. The van der Waals surface area contributed by atoms with E-state index < -0.39 is 0 Å². The summed E-state index contributed by atoms with van der Waals surface area (Å²) in [4.78, 5) is 0. The van der Waals surface area contributed by atoms with Crippen LogP contribution in [0.5, 0.6) is 0 Å². The summed E-state index contributed by atoms with van der Waals surface area (Å²) in [5.41, 5.74) is 1.19. The maximum atomic E-state index is 8.90. The highest BCUT2D eigenvalue weighted by Crippen LogP contribution is 2.08. The first kappa shape index (κ1) is 12.7. The average Bonchev–Trinajstić information content (AvgIpc) is 2.17. The predicted octanol–water partition coefficient (Wildman–Crippen LogP) is 3.68. The zero-order valence-electron chi connectivity index (χ0n) is 9.18. The first-order valence-corrected chi connectivity index (χ1v) is 5.63. The van der Waals surface area contributed by atoms with Crippen molar-refractivity contribution in [1.29, 1.82) is 0 Å². The van der Waals surface area contributed by atoms with Gasteiger partial charge in [-0.1, -0.05) is 45.6 Å². The summed E-state index contributed by atoms with van der Waals surface area (Å²) in [5.74, 6) is 0. The Balaban J connectivity index is 3.27. The molecule has 0 aliphatic carbocycles. The van der Waals surface area contributed by atoms with Crippen molar-refractivity contribution in [2.75, 3.05) is 6.61 Å². The van der Waals surface area contributed by atoms with Crippen LogP contribution >= 0.6 is 0 Å². The van der Waals surface area contributed by atoms with E-state index in [1.54, 1.807) is 0 Å². The molecule has 0 fully saturated rings. The van der Waals surface area contributed by atoms with Gasteiger partial charge in [-0.3, -0.25) is 0 Å². The van der Waals surface area contributed by atoms with E-state index in [1.807, 2.05) is 0 Å². The van der Waals surface area contributed by atoms with Gasteiger partial charge in [0, 0.05) is 0 Å². The molecule has 0 heterocycles. The standard InChI is InChI=1S/C12H24O/c1-3-5-6-7-8-9-10-12(4-2)11-13/h10,13H,3-9,11H2,1-2H3/b12-10+. The summed E-state index contributed by atoms with van der Waals surface area (Å²) in [6, 6.07) is 0. The van der Waals surface area contributed by atoms with Gasteiger partial charge < -0.3 is 5.11 Å². The summed E-state index contributed by atoms with van der Waals surface area (Å²) in [5, 5.41) is 8.90. The largest absolute Gasteiger partial charge is 0.392 e. The number of aliphatic hydroxyl groups is 1. The van der Waals surface area contributed by atoms with Gasteiger partial charge in [0.15, 0.2) is 0 Å². The van der Waals surface area contributed by atoms with E-state index in [-0.39, 0.29) is 6.61 Å². The van der Waals surface area contributed by atoms with Crippen LogP contribution in [0.15, 0.2) is 11.6 Å². The molecule has 0 bridgehead atoms. The number of rotatable bonds is 8. The van der Waals surface area contributed by atoms with Gasteiger partial charge in [-0.25, -0.2) is 0 Å². The monoisotopic (exact) mass is 184 g/mol. The van der Waals surface area contributed by atoms with Crippen molar-refractivity contribution in [3.63, 3.8) is 0 Å². The third kappa shape index (κ3) is 8.04. The molecule has 0 atom stereocenters. The Kier molecular flexibility index (Phi) is 9.56. The van der Waals surface area contributed by atoms with Gasteiger partial charge in [0.25, 0.3) is 0 Å². The number of allylic oxidation sites excluding steroid dienone is 1. The van der Waals surface area contributed by atoms with E-state index in [2.05, 4.69) is 19.9 Å². The van der Waals surface area contributed by atoms with Crippen LogP contribution in [-0.4, -0.2) is 11.7 Å². The van der Waals surface area contributed by atoms with E-state index in [0.717, 1.165) is 12.8 Å². The van der Waals surface area contributed by atoms with Gasteiger partial charge in [-0.05, 0) is 24.8 Å². The van der Waals surface area contributed by atoms with E-state index in [9.17, 15) is 0 Å². The Bertz CT molecular complexity index is 121. The smallest absolute Gasteiger partial charge is 0.0641 e. The summed E-state index contributed by atoms with van der Waals surface area (Å²) >= 11 is 0. The van der Waals surface area contributed by atoms with Crippen molar-refractivity contribution in [2.24, 2.45) is 0 Å². The van der Waals surface area contributed by atoms with Crippen molar-refractivity contribution in [3.05, 3.63) is 11.6 Å². The lowest BCUT2D eigenvalue weighted by atomic mass is 10.1. The van der Waals surface area contributed by atoms with Crippen molar-refractivity contribution in [2.45, 2.75) is 58.8 Å². The molecule has 0 unspecified atom stereocenters. The highest BCUT2D eigenvalue weighted by Gasteiger charge is 1.91. The first-order chi connectivity index (χ1) is 6.35. The number of unbranched alkanes of at least 4 members (excludes halogenated alkanes) is 5. The molecule has 13 heavy (non-hydrogen) atoms. The predicted molar refractivity (Wildman–Crippen MR) is 58.8 cm³/mol. The minimum Gasteiger partial charge on any atom is -0.392 e. The van der Waals surface area contributed by atoms with E-state index in [0.29, 0.717) is 0 Å². The lowest BCUT2D eigenvalue weighted by molar-refractivity contribution is 0.327. The molecule has 0 aliphatic heterocycles. The molecule has 0 radical (unpaired) electrons.